The molecule has 3 N–H and O–H groups in total. The minimum absolute atomic E-state index is 0.117. The van der Waals surface area contributed by atoms with Crippen LogP contribution in [-0.2, 0) is 26.2 Å². The first-order valence-corrected chi connectivity index (χ1v) is 11.5. The van der Waals surface area contributed by atoms with Gasteiger partial charge in [0.2, 0.25) is 11.8 Å². The molecule has 8 heteroatoms. The molecule has 4 rings (SSSR count). The summed E-state index contributed by atoms with van der Waals surface area (Å²) in [5, 5.41) is 3.11. The van der Waals surface area contributed by atoms with E-state index < -0.39 is 29.8 Å². The zero-order valence-corrected chi connectivity index (χ0v) is 20.0. The van der Waals surface area contributed by atoms with Crippen LogP contribution < -0.4 is 16.0 Å². The maximum Gasteiger partial charge on any atom is 0.226 e. The summed E-state index contributed by atoms with van der Waals surface area (Å²) in [6.07, 6.45) is 0.563. The number of likely N-dealkylation sites (tertiary alicyclic amines) is 1. The van der Waals surface area contributed by atoms with Crippen molar-refractivity contribution in [3.63, 3.8) is 0 Å². The van der Waals surface area contributed by atoms with Crippen LogP contribution >= 0.6 is 0 Å². The normalized spacial score (nSPS) is 20.9. The number of hydrogen-bond acceptors (Lipinski definition) is 5. The molecule has 0 aliphatic carbocycles. The molecule has 2 heterocycles. The molecule has 0 bridgehead atoms. The first-order chi connectivity index (χ1) is 16.0. The van der Waals surface area contributed by atoms with E-state index in [0.29, 0.717) is 23.1 Å². The second kappa shape index (κ2) is 8.74. The van der Waals surface area contributed by atoms with E-state index in [0.717, 1.165) is 24.2 Å². The van der Waals surface area contributed by atoms with Gasteiger partial charge in [-0.15, -0.1) is 0 Å². The van der Waals surface area contributed by atoms with E-state index in [1.54, 1.807) is 12.1 Å². The van der Waals surface area contributed by atoms with E-state index in [-0.39, 0.29) is 17.7 Å². The van der Waals surface area contributed by atoms with Crippen molar-refractivity contribution in [2.24, 2.45) is 11.7 Å². The number of likely N-dealkylation sites (N-methyl/N-ethyl adjacent to an activating group) is 1. The number of carbonyl (C=O) groups excluding carboxylic acids is 3. The molecule has 0 saturated carbocycles. The topological polar surface area (TPSA) is 95.7 Å². The summed E-state index contributed by atoms with van der Waals surface area (Å²) in [6, 6.07) is 9.57. The predicted octanol–water partition coefficient (Wildman–Crippen LogP) is 3.13. The number of amides is 2. The second-order valence-corrected chi connectivity index (χ2v) is 10.2. The highest BCUT2D eigenvalue weighted by Crippen LogP contribution is 2.37. The molecule has 1 saturated heterocycles. The van der Waals surface area contributed by atoms with Crippen LogP contribution in [0.4, 0.5) is 15.8 Å². The van der Waals surface area contributed by atoms with Crippen LogP contribution in [0.15, 0.2) is 36.4 Å². The number of anilines is 2. The van der Waals surface area contributed by atoms with Crippen LogP contribution in [0, 0.1) is 11.7 Å². The van der Waals surface area contributed by atoms with Crippen molar-refractivity contribution in [1.82, 2.24) is 4.90 Å². The van der Waals surface area contributed by atoms with Gasteiger partial charge in [0.05, 0.1) is 5.92 Å². The fourth-order valence-electron chi connectivity index (χ4n) is 4.97. The molecule has 2 aromatic carbocycles. The van der Waals surface area contributed by atoms with E-state index in [1.165, 1.54) is 11.0 Å². The maximum atomic E-state index is 14.8. The Kier molecular flexibility index (Phi) is 6.10. The average molecular weight is 467 g/mol. The largest absolute Gasteiger partial charge is 0.374 e. The van der Waals surface area contributed by atoms with Gasteiger partial charge in [-0.2, -0.15) is 0 Å². The lowest BCUT2D eigenvalue weighted by molar-refractivity contribution is -0.134. The molecule has 3 unspecified atom stereocenters. The molecular weight excluding hydrogens is 435 g/mol. The summed E-state index contributed by atoms with van der Waals surface area (Å²) in [5.41, 5.74) is 9.07. The van der Waals surface area contributed by atoms with Gasteiger partial charge >= 0.3 is 0 Å². The van der Waals surface area contributed by atoms with Crippen molar-refractivity contribution >= 4 is 29.5 Å². The van der Waals surface area contributed by atoms with Gasteiger partial charge in [-0.25, -0.2) is 4.39 Å². The average Bonchev–Trinajstić information content (AvgIpc) is 3.28. The number of benzene rings is 2. The summed E-state index contributed by atoms with van der Waals surface area (Å²) >= 11 is 0. The SMILES string of the molecule is CN1CCc2cc(C(C=O)N3C(=O)CC(C(N)=O)C3Nc3ccc(C(C)(C)C)c(F)c3)ccc21. The summed E-state index contributed by atoms with van der Waals surface area (Å²) < 4.78 is 14.8. The van der Waals surface area contributed by atoms with E-state index in [2.05, 4.69) is 10.2 Å². The molecule has 2 aliphatic rings. The second-order valence-electron chi connectivity index (χ2n) is 10.2. The summed E-state index contributed by atoms with van der Waals surface area (Å²) in [6.45, 7) is 6.64. The molecule has 180 valence electrons. The van der Waals surface area contributed by atoms with Gasteiger partial charge in [-0.05, 0) is 46.7 Å². The highest BCUT2D eigenvalue weighted by Gasteiger charge is 2.46. The van der Waals surface area contributed by atoms with Crippen LogP contribution in [-0.4, -0.2) is 42.8 Å². The molecule has 0 aromatic heterocycles. The Morgan fingerprint density at radius 2 is 1.97 bits per heavy atom. The van der Waals surface area contributed by atoms with E-state index in [1.807, 2.05) is 46.0 Å². The summed E-state index contributed by atoms with van der Waals surface area (Å²) in [7, 11) is 2.01. The van der Waals surface area contributed by atoms with Gasteiger partial charge in [0.15, 0.2) is 0 Å². The van der Waals surface area contributed by atoms with Crippen molar-refractivity contribution < 1.29 is 18.8 Å². The van der Waals surface area contributed by atoms with Gasteiger partial charge in [0, 0.05) is 31.4 Å². The van der Waals surface area contributed by atoms with Gasteiger partial charge in [0.1, 0.15) is 24.3 Å². The van der Waals surface area contributed by atoms with Crippen LogP contribution in [0.25, 0.3) is 0 Å². The standard InChI is InChI=1S/C26H31FN4O3/c1-26(2,3)19-7-6-17(12-20(19)27)29-25-18(24(28)34)13-23(33)31(25)22(14-32)15-5-8-21-16(11-15)9-10-30(21)4/h5-8,11-12,14,18,22,25,29H,9-10,13H2,1-4H3,(H2,28,34). The molecule has 3 atom stereocenters. The van der Waals surface area contributed by atoms with Crippen molar-refractivity contribution in [2.75, 3.05) is 23.8 Å². The third kappa shape index (κ3) is 4.24. The van der Waals surface area contributed by atoms with Crippen LogP contribution in [0.5, 0.6) is 0 Å². The lowest BCUT2D eigenvalue weighted by atomic mass is 9.86. The molecule has 2 amide bonds. The number of rotatable bonds is 6. The van der Waals surface area contributed by atoms with Gasteiger partial charge in [-0.3, -0.25) is 9.59 Å². The first-order valence-electron chi connectivity index (χ1n) is 11.5. The maximum absolute atomic E-state index is 14.8. The van der Waals surface area contributed by atoms with Crippen LogP contribution in [0.2, 0.25) is 0 Å². The Bertz CT molecular complexity index is 1140. The van der Waals surface area contributed by atoms with E-state index >= 15 is 0 Å². The predicted molar refractivity (Wildman–Crippen MR) is 129 cm³/mol. The number of fused-ring (bicyclic) bond motifs is 1. The number of nitrogens with two attached hydrogens (primary N) is 1. The molecule has 0 spiro atoms. The third-order valence-electron chi connectivity index (χ3n) is 6.82. The number of nitrogens with one attached hydrogen (secondary N) is 1. The highest BCUT2D eigenvalue weighted by molar-refractivity contribution is 5.91. The molecule has 1 fully saturated rings. The Morgan fingerprint density at radius 1 is 1.24 bits per heavy atom. The lowest BCUT2D eigenvalue weighted by Gasteiger charge is -2.33. The number of halogens is 1. The minimum Gasteiger partial charge on any atom is -0.374 e. The van der Waals surface area contributed by atoms with E-state index in [9.17, 15) is 18.8 Å². The minimum atomic E-state index is -0.899. The molecule has 7 nitrogen and oxygen atoms in total. The van der Waals surface area contributed by atoms with E-state index in [4.69, 9.17) is 5.73 Å². The fourth-order valence-corrected chi connectivity index (χ4v) is 4.97. The Labute approximate surface area is 199 Å². The number of aldehydes is 1. The van der Waals surface area contributed by atoms with Crippen molar-refractivity contribution in [3.8, 4) is 0 Å². The Balaban J connectivity index is 1.69. The van der Waals surface area contributed by atoms with Gasteiger partial charge in [0.25, 0.3) is 0 Å². The van der Waals surface area contributed by atoms with Crippen molar-refractivity contribution in [3.05, 3.63) is 58.9 Å². The fraction of sp³-hybridized carbons (Fsp3) is 0.423. The van der Waals surface area contributed by atoms with Crippen LogP contribution in [0.3, 0.4) is 0 Å². The number of carbonyl (C=O) groups is 3. The zero-order chi connectivity index (χ0) is 24.8. The zero-order valence-electron chi connectivity index (χ0n) is 20.0. The quantitative estimate of drug-likeness (QED) is 0.638. The van der Waals surface area contributed by atoms with Crippen molar-refractivity contribution in [1.29, 1.82) is 0 Å². The number of nitrogens with zero attached hydrogens (tertiary/aromatic N) is 2. The highest BCUT2D eigenvalue weighted by atomic mass is 19.1. The molecule has 0 radical (unpaired) electrons. The number of hydrogen-bond donors (Lipinski definition) is 2. The lowest BCUT2D eigenvalue weighted by Crippen LogP contribution is -2.46. The molecule has 2 aliphatic heterocycles. The molecular formula is C26H31FN4O3. The molecule has 2 aromatic rings. The first kappa shape index (κ1) is 23.7. The monoisotopic (exact) mass is 466 g/mol. The third-order valence-corrected chi connectivity index (χ3v) is 6.82. The summed E-state index contributed by atoms with van der Waals surface area (Å²) in [4.78, 5) is 41.0. The molecule has 34 heavy (non-hydrogen) atoms. The smallest absolute Gasteiger partial charge is 0.226 e. The number of primary amides is 1. The van der Waals surface area contributed by atoms with Crippen LogP contribution in [0.1, 0.15) is 49.9 Å². The van der Waals surface area contributed by atoms with Gasteiger partial charge in [-0.1, -0.05) is 39.0 Å². The Hall–Kier alpha value is -3.42. The Morgan fingerprint density at radius 3 is 2.59 bits per heavy atom. The van der Waals surface area contributed by atoms with Gasteiger partial charge < -0.3 is 25.6 Å². The van der Waals surface area contributed by atoms with Crippen molar-refractivity contribution in [2.45, 2.75) is 51.2 Å². The summed E-state index contributed by atoms with van der Waals surface area (Å²) in [5.74, 6) is -2.26.